The summed E-state index contributed by atoms with van der Waals surface area (Å²) >= 11 is 8.90. The van der Waals surface area contributed by atoms with E-state index in [9.17, 15) is 4.39 Å². The Morgan fingerprint density at radius 1 is 1.39 bits per heavy atom. The number of nitrogen functional groups attached to an aromatic ring is 1. The maximum absolute atomic E-state index is 13.0. The third-order valence-corrected chi connectivity index (χ3v) is 2.93. The van der Waals surface area contributed by atoms with Crippen LogP contribution in [0.3, 0.4) is 0 Å². The Balaban J connectivity index is 2.25. The fourth-order valence-electron chi connectivity index (χ4n) is 1.23. The first-order valence-electron chi connectivity index (χ1n) is 4.81. The molecule has 0 aliphatic rings. The summed E-state index contributed by atoms with van der Waals surface area (Å²) < 4.78 is 13.6. The lowest BCUT2D eigenvalue weighted by Gasteiger charge is -2.08. The van der Waals surface area contributed by atoms with Gasteiger partial charge in [0.15, 0.2) is 5.82 Å². The quantitative estimate of drug-likeness (QED) is 0.595. The van der Waals surface area contributed by atoms with Crippen LogP contribution < -0.4 is 16.6 Å². The lowest BCUT2D eigenvalue weighted by atomic mass is 10.3. The lowest BCUT2D eigenvalue weighted by Crippen LogP contribution is -2.10. The number of benzene rings is 1. The number of hydrogen-bond acceptors (Lipinski definition) is 5. The summed E-state index contributed by atoms with van der Waals surface area (Å²) in [5, 5.41) is 2.91. The van der Waals surface area contributed by atoms with E-state index in [2.05, 4.69) is 36.6 Å². The van der Waals surface area contributed by atoms with Gasteiger partial charge in [0.05, 0.1) is 9.50 Å². The summed E-state index contributed by atoms with van der Waals surface area (Å²) in [6, 6.07) is 4.23. The van der Waals surface area contributed by atoms with Crippen LogP contribution in [-0.4, -0.2) is 9.97 Å². The van der Waals surface area contributed by atoms with Crippen LogP contribution in [0.1, 0.15) is 0 Å². The van der Waals surface area contributed by atoms with Gasteiger partial charge in [0.25, 0.3) is 0 Å². The predicted molar refractivity (Wildman–Crippen MR) is 72.2 cm³/mol. The van der Waals surface area contributed by atoms with Crippen LogP contribution in [0.4, 0.5) is 21.8 Å². The van der Waals surface area contributed by atoms with Gasteiger partial charge in [-0.3, -0.25) is 0 Å². The van der Waals surface area contributed by atoms with Gasteiger partial charge in [0, 0.05) is 11.9 Å². The second-order valence-corrected chi connectivity index (χ2v) is 4.55. The first-order valence-corrected chi connectivity index (χ1v) is 5.98. The van der Waals surface area contributed by atoms with Crippen molar-refractivity contribution >= 4 is 45.0 Å². The minimum atomic E-state index is -0.483. The van der Waals surface area contributed by atoms with Crippen LogP contribution in [0.25, 0.3) is 0 Å². The van der Waals surface area contributed by atoms with E-state index < -0.39 is 5.82 Å². The van der Waals surface area contributed by atoms with E-state index >= 15 is 0 Å². The monoisotopic (exact) mass is 331 g/mol. The van der Waals surface area contributed by atoms with Crippen molar-refractivity contribution in [2.45, 2.75) is 0 Å². The largest absolute Gasteiger partial charge is 0.324 e. The topological polar surface area (TPSA) is 75.9 Å². The summed E-state index contributed by atoms with van der Waals surface area (Å²) in [5.41, 5.74) is 2.99. The third-order valence-electron chi connectivity index (χ3n) is 2.06. The molecule has 94 valence electrons. The molecule has 0 saturated carbocycles. The normalized spacial score (nSPS) is 10.2. The highest BCUT2D eigenvalue weighted by Gasteiger charge is 2.05. The zero-order valence-electron chi connectivity index (χ0n) is 8.92. The average molecular weight is 333 g/mol. The van der Waals surface area contributed by atoms with Crippen LogP contribution >= 0.6 is 27.5 Å². The minimum absolute atomic E-state index is 0.0225. The standard InChI is InChI=1S/C10H8BrClFN5/c11-6-4-15-10(17-9(6)18-14)16-5-1-2-8(13)7(12)3-5/h1-4H,14H2,(H2,15,16,17,18). The zero-order chi connectivity index (χ0) is 13.1. The highest BCUT2D eigenvalue weighted by atomic mass is 79.9. The smallest absolute Gasteiger partial charge is 0.229 e. The van der Waals surface area contributed by atoms with Gasteiger partial charge < -0.3 is 10.7 Å². The molecule has 0 spiro atoms. The van der Waals surface area contributed by atoms with Crippen molar-refractivity contribution in [3.8, 4) is 0 Å². The van der Waals surface area contributed by atoms with Gasteiger partial charge in [0.1, 0.15) is 5.82 Å². The molecule has 0 aliphatic carbocycles. The molecule has 0 radical (unpaired) electrons. The van der Waals surface area contributed by atoms with Crippen molar-refractivity contribution in [1.29, 1.82) is 0 Å². The number of nitrogens with two attached hydrogens (primary N) is 1. The van der Waals surface area contributed by atoms with Gasteiger partial charge in [-0.05, 0) is 34.1 Å². The predicted octanol–water partition coefficient (Wildman–Crippen LogP) is 3.06. The SMILES string of the molecule is NNc1nc(Nc2ccc(F)c(Cl)c2)ncc1Br. The second-order valence-electron chi connectivity index (χ2n) is 3.29. The molecule has 8 heteroatoms. The van der Waals surface area contributed by atoms with Gasteiger partial charge in [-0.25, -0.2) is 15.2 Å². The second kappa shape index (κ2) is 5.47. The molecule has 0 aliphatic heterocycles. The van der Waals surface area contributed by atoms with Crippen molar-refractivity contribution in [1.82, 2.24) is 9.97 Å². The molecule has 1 heterocycles. The minimum Gasteiger partial charge on any atom is -0.324 e. The maximum atomic E-state index is 13.0. The van der Waals surface area contributed by atoms with Crippen LogP contribution in [0, 0.1) is 5.82 Å². The fourth-order valence-corrected chi connectivity index (χ4v) is 1.72. The molecule has 2 aromatic rings. The molecule has 0 unspecified atom stereocenters. The Morgan fingerprint density at radius 2 is 2.17 bits per heavy atom. The highest BCUT2D eigenvalue weighted by molar-refractivity contribution is 9.10. The molecule has 1 aromatic carbocycles. The average Bonchev–Trinajstić information content (AvgIpc) is 2.36. The first kappa shape index (κ1) is 13.0. The van der Waals surface area contributed by atoms with Gasteiger partial charge in [0.2, 0.25) is 5.95 Å². The maximum Gasteiger partial charge on any atom is 0.229 e. The van der Waals surface area contributed by atoms with Gasteiger partial charge in [-0.15, -0.1) is 0 Å². The summed E-state index contributed by atoms with van der Waals surface area (Å²) in [5.74, 6) is 5.55. The van der Waals surface area contributed by atoms with Crippen LogP contribution in [0.5, 0.6) is 0 Å². The van der Waals surface area contributed by atoms with Crippen molar-refractivity contribution in [3.05, 3.63) is 39.7 Å². The van der Waals surface area contributed by atoms with Crippen molar-refractivity contribution in [2.24, 2.45) is 5.84 Å². The van der Waals surface area contributed by atoms with E-state index in [0.29, 0.717) is 21.9 Å². The van der Waals surface area contributed by atoms with Crippen LogP contribution in [-0.2, 0) is 0 Å². The molecule has 1 aromatic heterocycles. The number of nitrogens with one attached hydrogen (secondary N) is 2. The van der Waals surface area contributed by atoms with E-state index in [-0.39, 0.29) is 5.02 Å². The Morgan fingerprint density at radius 3 is 2.83 bits per heavy atom. The summed E-state index contributed by atoms with van der Waals surface area (Å²) in [6.45, 7) is 0. The number of aromatic nitrogens is 2. The van der Waals surface area contributed by atoms with E-state index in [1.165, 1.54) is 24.4 Å². The number of halogens is 3. The van der Waals surface area contributed by atoms with E-state index in [4.69, 9.17) is 17.4 Å². The van der Waals surface area contributed by atoms with Crippen molar-refractivity contribution in [2.75, 3.05) is 10.7 Å². The van der Waals surface area contributed by atoms with Crippen LogP contribution in [0.2, 0.25) is 5.02 Å². The molecule has 4 N–H and O–H groups in total. The zero-order valence-corrected chi connectivity index (χ0v) is 11.3. The van der Waals surface area contributed by atoms with Crippen LogP contribution in [0.15, 0.2) is 28.9 Å². The summed E-state index contributed by atoms with van der Waals surface area (Å²) in [4.78, 5) is 8.13. The number of rotatable bonds is 3. The number of anilines is 3. The Hall–Kier alpha value is -1.44. The molecule has 5 nitrogen and oxygen atoms in total. The van der Waals surface area contributed by atoms with Gasteiger partial charge in [-0.2, -0.15) is 4.98 Å². The molecule has 0 bridgehead atoms. The van der Waals surface area contributed by atoms with Crippen molar-refractivity contribution < 1.29 is 4.39 Å². The fraction of sp³-hybridized carbons (Fsp3) is 0. The first-order chi connectivity index (χ1) is 8.60. The molecule has 0 fully saturated rings. The van der Waals surface area contributed by atoms with E-state index in [1.807, 2.05) is 0 Å². The molecular formula is C10H8BrClFN5. The Labute approximate surface area is 116 Å². The molecular weight excluding hydrogens is 324 g/mol. The lowest BCUT2D eigenvalue weighted by molar-refractivity contribution is 0.628. The van der Waals surface area contributed by atoms with E-state index in [0.717, 1.165) is 0 Å². The number of hydrazine groups is 1. The molecule has 0 amide bonds. The molecule has 2 rings (SSSR count). The molecule has 0 atom stereocenters. The molecule has 0 saturated heterocycles. The number of nitrogens with zero attached hydrogens (tertiary/aromatic N) is 2. The van der Waals surface area contributed by atoms with Crippen molar-refractivity contribution in [3.63, 3.8) is 0 Å². The highest BCUT2D eigenvalue weighted by Crippen LogP contribution is 2.23. The Kier molecular flexibility index (Phi) is 3.95. The Bertz CT molecular complexity index is 580. The summed E-state index contributed by atoms with van der Waals surface area (Å²) in [6.07, 6.45) is 1.54. The summed E-state index contributed by atoms with van der Waals surface area (Å²) in [7, 11) is 0. The third kappa shape index (κ3) is 2.87. The van der Waals surface area contributed by atoms with Gasteiger partial charge >= 0.3 is 0 Å². The molecule has 18 heavy (non-hydrogen) atoms. The van der Waals surface area contributed by atoms with E-state index in [1.54, 1.807) is 0 Å². The van der Waals surface area contributed by atoms with Gasteiger partial charge in [-0.1, -0.05) is 11.6 Å². The number of hydrogen-bond donors (Lipinski definition) is 3.